The number of nitrogens with two attached hydrogens (primary N) is 1. The number of hydrogen-bond donors (Lipinski definition) is 1. The van der Waals surface area contributed by atoms with E-state index in [1.807, 2.05) is 19.1 Å². The highest BCUT2D eigenvalue weighted by Crippen LogP contribution is 2.17. The molecule has 0 spiro atoms. The molecule has 3 heteroatoms. The first-order valence-corrected chi connectivity index (χ1v) is 5.40. The van der Waals surface area contributed by atoms with Crippen molar-refractivity contribution in [3.8, 4) is 0 Å². The minimum Gasteiger partial charge on any atom is -0.437 e. The Morgan fingerprint density at radius 1 is 1.69 bits per heavy atom. The van der Waals surface area contributed by atoms with Crippen LogP contribution >= 0.6 is 0 Å². The summed E-state index contributed by atoms with van der Waals surface area (Å²) < 4.78 is 5.49. The van der Waals surface area contributed by atoms with Crippen molar-refractivity contribution in [2.75, 3.05) is 0 Å². The number of aromatic nitrogens is 1. The summed E-state index contributed by atoms with van der Waals surface area (Å²) in [7, 11) is 0. The molecule has 0 saturated heterocycles. The molecule has 1 atom stereocenters. The van der Waals surface area contributed by atoms with Crippen LogP contribution in [0, 0.1) is 0 Å². The Labute approximate surface area is 96.4 Å². The van der Waals surface area contributed by atoms with Crippen LogP contribution in [-0.2, 0) is 0 Å². The topological polar surface area (TPSA) is 52.0 Å². The van der Waals surface area contributed by atoms with Crippen LogP contribution in [0.15, 0.2) is 35.4 Å². The maximum absolute atomic E-state index is 5.67. The number of hydrogen-bond acceptors (Lipinski definition) is 3. The van der Waals surface area contributed by atoms with Gasteiger partial charge in [0, 0.05) is 11.6 Å². The molecule has 1 unspecified atom stereocenters. The lowest BCUT2D eigenvalue weighted by Gasteiger charge is -1.98. The molecule has 1 aromatic heterocycles. The Balaban J connectivity index is 2.94. The summed E-state index contributed by atoms with van der Waals surface area (Å²) in [5, 5.41) is 0. The molecule has 1 aromatic rings. The monoisotopic (exact) mass is 218 g/mol. The predicted molar refractivity (Wildman–Crippen MR) is 67.7 cm³/mol. The molecule has 0 aromatic carbocycles. The van der Waals surface area contributed by atoms with Gasteiger partial charge < -0.3 is 10.2 Å². The molecule has 3 nitrogen and oxygen atoms in total. The highest BCUT2D eigenvalue weighted by atomic mass is 16.4. The van der Waals surface area contributed by atoms with Gasteiger partial charge in [0.2, 0.25) is 5.89 Å². The Morgan fingerprint density at radius 3 is 2.94 bits per heavy atom. The van der Waals surface area contributed by atoms with Gasteiger partial charge in [-0.2, -0.15) is 0 Å². The van der Waals surface area contributed by atoms with Crippen LogP contribution in [0.25, 0.3) is 11.6 Å². The Morgan fingerprint density at radius 2 is 2.44 bits per heavy atom. The average Bonchev–Trinajstić information content (AvgIpc) is 2.72. The van der Waals surface area contributed by atoms with Gasteiger partial charge in [-0.1, -0.05) is 31.7 Å². The molecule has 1 heterocycles. The summed E-state index contributed by atoms with van der Waals surface area (Å²) in [4.78, 5) is 4.19. The zero-order valence-electron chi connectivity index (χ0n) is 9.81. The third-order valence-electron chi connectivity index (χ3n) is 1.98. The van der Waals surface area contributed by atoms with Gasteiger partial charge in [0.25, 0.3) is 0 Å². The minimum absolute atomic E-state index is 0.0223. The van der Waals surface area contributed by atoms with Crippen LogP contribution < -0.4 is 5.73 Å². The molecule has 0 fully saturated rings. The molecule has 2 N–H and O–H groups in total. The quantitative estimate of drug-likeness (QED) is 0.773. The zero-order chi connectivity index (χ0) is 12.0. The Bertz CT molecular complexity index is 400. The van der Waals surface area contributed by atoms with Crippen molar-refractivity contribution in [1.29, 1.82) is 0 Å². The van der Waals surface area contributed by atoms with E-state index >= 15 is 0 Å². The number of allylic oxidation sites excluding steroid dienone is 3. The summed E-state index contributed by atoms with van der Waals surface area (Å²) in [6.07, 6.45) is 10.1. The zero-order valence-corrected chi connectivity index (χ0v) is 9.81. The summed E-state index contributed by atoms with van der Waals surface area (Å²) in [5.74, 6) is 1.28. The van der Waals surface area contributed by atoms with Crippen molar-refractivity contribution in [3.05, 3.63) is 42.7 Å². The molecule has 0 radical (unpaired) electrons. The van der Waals surface area contributed by atoms with Gasteiger partial charge >= 0.3 is 0 Å². The van der Waals surface area contributed by atoms with Gasteiger partial charge in [0.1, 0.15) is 5.76 Å². The number of oxazole rings is 1. The molecule has 0 bridgehead atoms. The van der Waals surface area contributed by atoms with E-state index in [2.05, 4.69) is 24.6 Å². The average molecular weight is 218 g/mol. The van der Waals surface area contributed by atoms with Crippen LogP contribution in [0.3, 0.4) is 0 Å². The summed E-state index contributed by atoms with van der Waals surface area (Å²) in [6, 6.07) is 0.0223. The van der Waals surface area contributed by atoms with Crippen molar-refractivity contribution in [2.45, 2.75) is 26.3 Å². The van der Waals surface area contributed by atoms with Crippen molar-refractivity contribution >= 4 is 11.6 Å². The van der Waals surface area contributed by atoms with E-state index in [0.717, 1.165) is 12.0 Å². The Kier molecular flexibility index (Phi) is 4.73. The molecular formula is C13H18N2O. The molecule has 0 amide bonds. The molecule has 86 valence electrons. The normalized spacial score (nSPS) is 14.3. The molecular weight excluding hydrogens is 200 g/mol. The van der Waals surface area contributed by atoms with Crippen LogP contribution in [-0.4, -0.2) is 11.0 Å². The van der Waals surface area contributed by atoms with Crippen LogP contribution in [0.4, 0.5) is 0 Å². The van der Waals surface area contributed by atoms with Crippen molar-refractivity contribution in [2.24, 2.45) is 5.73 Å². The van der Waals surface area contributed by atoms with E-state index in [-0.39, 0.29) is 6.04 Å². The van der Waals surface area contributed by atoms with Gasteiger partial charge in [-0.25, -0.2) is 4.98 Å². The second kappa shape index (κ2) is 6.08. The SMILES string of the molecule is C=Cc1cnc(C(/C=C\C(C)N)=C/CC)o1. The summed E-state index contributed by atoms with van der Waals surface area (Å²) in [6.45, 7) is 7.62. The van der Waals surface area contributed by atoms with Gasteiger partial charge in [0.15, 0.2) is 0 Å². The molecule has 0 aliphatic carbocycles. The van der Waals surface area contributed by atoms with Crippen molar-refractivity contribution < 1.29 is 4.42 Å². The second-order valence-electron chi connectivity index (χ2n) is 3.56. The lowest BCUT2D eigenvalue weighted by Crippen LogP contribution is -2.10. The first-order chi connectivity index (χ1) is 7.67. The Hall–Kier alpha value is -1.61. The van der Waals surface area contributed by atoms with E-state index in [4.69, 9.17) is 10.2 Å². The first-order valence-electron chi connectivity index (χ1n) is 5.40. The number of nitrogens with zero attached hydrogens (tertiary/aromatic N) is 1. The predicted octanol–water partition coefficient (Wildman–Crippen LogP) is 3.01. The van der Waals surface area contributed by atoms with E-state index in [0.29, 0.717) is 11.7 Å². The minimum atomic E-state index is 0.0223. The summed E-state index contributed by atoms with van der Waals surface area (Å²) >= 11 is 0. The number of rotatable bonds is 5. The van der Waals surface area contributed by atoms with Crippen LogP contribution in [0.1, 0.15) is 31.9 Å². The van der Waals surface area contributed by atoms with Crippen LogP contribution in [0.5, 0.6) is 0 Å². The standard InChI is InChI=1S/C13H18N2O/c1-4-6-11(8-7-10(3)14)13-15-9-12(5-2)16-13/h5-10H,2,4,14H2,1,3H3/b8-7-,11-6+. The molecule has 1 rings (SSSR count). The van der Waals surface area contributed by atoms with E-state index in [1.54, 1.807) is 12.3 Å². The van der Waals surface area contributed by atoms with E-state index in [1.165, 1.54) is 0 Å². The maximum Gasteiger partial charge on any atom is 0.226 e. The highest BCUT2D eigenvalue weighted by molar-refractivity contribution is 5.68. The lowest BCUT2D eigenvalue weighted by atomic mass is 10.2. The molecule has 16 heavy (non-hydrogen) atoms. The molecule has 0 saturated carbocycles. The fourth-order valence-corrected chi connectivity index (χ4v) is 1.22. The second-order valence-corrected chi connectivity index (χ2v) is 3.56. The lowest BCUT2D eigenvalue weighted by molar-refractivity contribution is 0.534. The smallest absolute Gasteiger partial charge is 0.226 e. The van der Waals surface area contributed by atoms with E-state index < -0.39 is 0 Å². The molecule has 0 aliphatic heterocycles. The largest absolute Gasteiger partial charge is 0.437 e. The van der Waals surface area contributed by atoms with Gasteiger partial charge in [-0.3, -0.25) is 0 Å². The van der Waals surface area contributed by atoms with E-state index in [9.17, 15) is 0 Å². The van der Waals surface area contributed by atoms with Gasteiger partial charge in [0.05, 0.1) is 6.20 Å². The summed E-state index contributed by atoms with van der Waals surface area (Å²) in [5.41, 5.74) is 6.62. The van der Waals surface area contributed by atoms with Gasteiger partial charge in [-0.15, -0.1) is 0 Å². The third kappa shape index (κ3) is 3.51. The van der Waals surface area contributed by atoms with Gasteiger partial charge in [-0.05, 0) is 19.4 Å². The fourth-order valence-electron chi connectivity index (χ4n) is 1.22. The fraction of sp³-hybridized carbons (Fsp3) is 0.308. The first kappa shape index (κ1) is 12.5. The maximum atomic E-state index is 5.67. The van der Waals surface area contributed by atoms with Crippen LogP contribution in [0.2, 0.25) is 0 Å². The molecule has 0 aliphatic rings. The van der Waals surface area contributed by atoms with Crippen molar-refractivity contribution in [1.82, 2.24) is 4.98 Å². The highest BCUT2D eigenvalue weighted by Gasteiger charge is 2.04. The third-order valence-corrected chi connectivity index (χ3v) is 1.98. The van der Waals surface area contributed by atoms with Crippen molar-refractivity contribution in [3.63, 3.8) is 0 Å².